The molecule has 5 heteroatoms. The van der Waals surface area contributed by atoms with Gasteiger partial charge in [-0.25, -0.2) is 0 Å². The molecule has 0 aliphatic heterocycles. The number of hydrogen-bond acceptors (Lipinski definition) is 3. The number of rotatable bonds is 6. The van der Waals surface area contributed by atoms with Gasteiger partial charge in [0.2, 0.25) is 5.91 Å². The summed E-state index contributed by atoms with van der Waals surface area (Å²) < 4.78 is 0. The van der Waals surface area contributed by atoms with Crippen LogP contribution in [0.3, 0.4) is 0 Å². The maximum atomic E-state index is 12.2. The molecule has 1 aromatic carbocycles. The van der Waals surface area contributed by atoms with Crippen LogP contribution < -0.4 is 5.32 Å². The number of nitrogens with zero attached hydrogens (tertiary/aromatic N) is 1. The molecule has 3 nitrogen and oxygen atoms in total. The molecule has 1 N–H and O–H groups in total. The van der Waals surface area contributed by atoms with Crippen LogP contribution in [0.15, 0.2) is 41.8 Å². The summed E-state index contributed by atoms with van der Waals surface area (Å²) in [6.45, 7) is 3.13. The van der Waals surface area contributed by atoms with E-state index in [-0.39, 0.29) is 11.9 Å². The van der Waals surface area contributed by atoms with Gasteiger partial charge in [0.1, 0.15) is 0 Å². The van der Waals surface area contributed by atoms with Crippen molar-refractivity contribution in [1.82, 2.24) is 10.2 Å². The lowest BCUT2D eigenvalue weighted by atomic mass is 10.2. The minimum atomic E-state index is -0.207. The number of carbonyl (C=O) groups is 1. The lowest BCUT2D eigenvalue weighted by Crippen LogP contribution is -2.42. The zero-order valence-corrected chi connectivity index (χ0v) is 13.7. The summed E-state index contributed by atoms with van der Waals surface area (Å²) in [5.41, 5.74) is 1.03. The van der Waals surface area contributed by atoms with Gasteiger partial charge in [0, 0.05) is 16.4 Å². The van der Waals surface area contributed by atoms with Crippen molar-refractivity contribution in [2.24, 2.45) is 0 Å². The lowest BCUT2D eigenvalue weighted by molar-refractivity contribution is -0.125. The van der Waals surface area contributed by atoms with Gasteiger partial charge in [-0.3, -0.25) is 9.69 Å². The van der Waals surface area contributed by atoms with Crippen LogP contribution in [0.2, 0.25) is 5.02 Å². The van der Waals surface area contributed by atoms with Gasteiger partial charge >= 0.3 is 0 Å². The Morgan fingerprint density at radius 1 is 1.33 bits per heavy atom. The van der Waals surface area contributed by atoms with E-state index < -0.39 is 0 Å². The minimum absolute atomic E-state index is 0.0259. The highest BCUT2D eigenvalue weighted by molar-refractivity contribution is 7.09. The summed E-state index contributed by atoms with van der Waals surface area (Å²) in [6.07, 6.45) is 0. The van der Waals surface area contributed by atoms with Crippen molar-refractivity contribution < 1.29 is 4.79 Å². The number of benzene rings is 1. The number of halogens is 1. The number of thiophene rings is 1. The topological polar surface area (TPSA) is 32.3 Å². The minimum Gasteiger partial charge on any atom is -0.350 e. The summed E-state index contributed by atoms with van der Waals surface area (Å²) >= 11 is 7.80. The fourth-order valence-corrected chi connectivity index (χ4v) is 2.81. The summed E-state index contributed by atoms with van der Waals surface area (Å²) in [6, 6.07) is 11.5. The molecule has 1 unspecified atom stereocenters. The molecule has 0 saturated carbocycles. The molecular weight excluding hydrogens is 304 g/mol. The van der Waals surface area contributed by atoms with E-state index in [2.05, 4.69) is 5.32 Å². The molecule has 0 saturated heterocycles. The second-order valence-electron chi connectivity index (χ2n) is 4.98. The van der Waals surface area contributed by atoms with Gasteiger partial charge in [0.05, 0.1) is 12.6 Å². The predicted octanol–water partition coefficient (Wildman–Crippen LogP) is 3.54. The third-order valence-corrected chi connectivity index (χ3v) is 4.68. The van der Waals surface area contributed by atoms with Crippen molar-refractivity contribution in [3.8, 4) is 0 Å². The van der Waals surface area contributed by atoms with E-state index in [0.29, 0.717) is 13.1 Å². The van der Waals surface area contributed by atoms with Crippen LogP contribution in [0, 0.1) is 0 Å². The molecule has 1 atom stereocenters. The van der Waals surface area contributed by atoms with Crippen LogP contribution in [-0.2, 0) is 17.9 Å². The molecular formula is C16H19ClN2OS. The quantitative estimate of drug-likeness (QED) is 0.882. The number of amides is 1. The Bertz CT molecular complexity index is 586. The van der Waals surface area contributed by atoms with E-state index >= 15 is 0 Å². The van der Waals surface area contributed by atoms with E-state index in [1.807, 2.05) is 60.6 Å². The molecule has 2 rings (SSSR count). The number of likely N-dealkylation sites (N-methyl/N-ethyl adjacent to an activating group) is 1. The molecule has 0 aliphatic rings. The molecule has 0 fully saturated rings. The molecule has 1 aromatic heterocycles. The zero-order chi connectivity index (χ0) is 15.2. The van der Waals surface area contributed by atoms with Gasteiger partial charge in [-0.1, -0.05) is 35.9 Å². The van der Waals surface area contributed by atoms with Crippen molar-refractivity contribution in [2.45, 2.75) is 26.1 Å². The standard InChI is InChI=1S/C16H19ClN2OS/c1-12(16(20)18-10-14-7-5-9-21-14)19(2)11-13-6-3-4-8-15(13)17/h3-9,12H,10-11H2,1-2H3,(H,18,20). The molecule has 0 aliphatic carbocycles. The van der Waals surface area contributed by atoms with E-state index in [9.17, 15) is 4.79 Å². The SMILES string of the molecule is CC(C(=O)NCc1cccs1)N(C)Cc1ccccc1Cl. The average Bonchev–Trinajstić information content (AvgIpc) is 2.99. The van der Waals surface area contributed by atoms with Crippen molar-refractivity contribution >= 4 is 28.8 Å². The molecule has 1 heterocycles. The molecule has 2 aromatic rings. The fraction of sp³-hybridized carbons (Fsp3) is 0.312. The Kier molecular flexibility index (Phi) is 5.79. The van der Waals surface area contributed by atoms with Crippen LogP contribution in [0.5, 0.6) is 0 Å². The van der Waals surface area contributed by atoms with Gasteiger partial charge in [-0.05, 0) is 37.0 Å². The maximum absolute atomic E-state index is 12.2. The monoisotopic (exact) mass is 322 g/mol. The van der Waals surface area contributed by atoms with Crippen LogP contribution in [0.25, 0.3) is 0 Å². The van der Waals surface area contributed by atoms with Gasteiger partial charge in [-0.15, -0.1) is 11.3 Å². The van der Waals surface area contributed by atoms with Crippen molar-refractivity contribution in [3.63, 3.8) is 0 Å². The summed E-state index contributed by atoms with van der Waals surface area (Å²) in [4.78, 5) is 15.3. The predicted molar refractivity (Wildman–Crippen MR) is 88.5 cm³/mol. The van der Waals surface area contributed by atoms with Gasteiger partial charge < -0.3 is 5.32 Å². The van der Waals surface area contributed by atoms with Crippen molar-refractivity contribution in [3.05, 3.63) is 57.2 Å². The Hall–Kier alpha value is -1.36. The summed E-state index contributed by atoms with van der Waals surface area (Å²) in [5.74, 6) is 0.0259. The third-order valence-electron chi connectivity index (χ3n) is 3.44. The fourth-order valence-electron chi connectivity index (χ4n) is 1.97. The Balaban J connectivity index is 1.88. The number of nitrogens with one attached hydrogen (secondary N) is 1. The molecule has 112 valence electrons. The van der Waals surface area contributed by atoms with Crippen LogP contribution >= 0.6 is 22.9 Å². The Morgan fingerprint density at radius 3 is 2.76 bits per heavy atom. The molecule has 0 spiro atoms. The zero-order valence-electron chi connectivity index (χ0n) is 12.2. The first-order chi connectivity index (χ1) is 10.1. The highest BCUT2D eigenvalue weighted by Gasteiger charge is 2.18. The van der Waals surface area contributed by atoms with Crippen LogP contribution in [0.4, 0.5) is 0 Å². The van der Waals surface area contributed by atoms with Crippen molar-refractivity contribution in [2.75, 3.05) is 7.05 Å². The van der Waals surface area contributed by atoms with Gasteiger partial charge in [0.25, 0.3) is 0 Å². The normalized spacial score (nSPS) is 12.4. The summed E-state index contributed by atoms with van der Waals surface area (Å²) in [7, 11) is 1.93. The van der Waals surface area contributed by atoms with Crippen LogP contribution in [-0.4, -0.2) is 23.9 Å². The van der Waals surface area contributed by atoms with E-state index in [0.717, 1.165) is 15.5 Å². The largest absolute Gasteiger partial charge is 0.350 e. The second-order valence-corrected chi connectivity index (χ2v) is 6.42. The molecule has 1 amide bonds. The van der Waals surface area contributed by atoms with Crippen molar-refractivity contribution in [1.29, 1.82) is 0 Å². The first-order valence-electron chi connectivity index (χ1n) is 6.81. The smallest absolute Gasteiger partial charge is 0.237 e. The number of carbonyl (C=O) groups excluding carboxylic acids is 1. The Morgan fingerprint density at radius 2 is 2.10 bits per heavy atom. The average molecular weight is 323 g/mol. The number of hydrogen-bond donors (Lipinski definition) is 1. The highest BCUT2D eigenvalue weighted by atomic mass is 35.5. The second kappa shape index (κ2) is 7.59. The molecule has 0 radical (unpaired) electrons. The van der Waals surface area contributed by atoms with E-state index in [1.165, 1.54) is 0 Å². The van der Waals surface area contributed by atoms with Crippen LogP contribution in [0.1, 0.15) is 17.4 Å². The van der Waals surface area contributed by atoms with E-state index in [1.54, 1.807) is 11.3 Å². The third kappa shape index (κ3) is 4.56. The Labute approximate surface area is 134 Å². The first kappa shape index (κ1) is 16.0. The molecule has 21 heavy (non-hydrogen) atoms. The van der Waals surface area contributed by atoms with Gasteiger partial charge in [-0.2, -0.15) is 0 Å². The summed E-state index contributed by atoms with van der Waals surface area (Å²) in [5, 5.41) is 5.70. The first-order valence-corrected chi connectivity index (χ1v) is 8.07. The van der Waals surface area contributed by atoms with Gasteiger partial charge in [0.15, 0.2) is 0 Å². The van der Waals surface area contributed by atoms with E-state index in [4.69, 9.17) is 11.6 Å². The highest BCUT2D eigenvalue weighted by Crippen LogP contribution is 2.17. The maximum Gasteiger partial charge on any atom is 0.237 e. The lowest BCUT2D eigenvalue weighted by Gasteiger charge is -2.24. The molecule has 0 bridgehead atoms.